The van der Waals surface area contributed by atoms with Crippen molar-refractivity contribution in [3.8, 4) is 0 Å². The van der Waals surface area contributed by atoms with Crippen molar-refractivity contribution < 1.29 is 36.4 Å². The number of rotatable bonds is 2. The number of aromatic amines is 1. The Bertz CT molecular complexity index is 2140. The molecule has 2 aliphatic heterocycles. The summed E-state index contributed by atoms with van der Waals surface area (Å²) in [6.45, 7) is -9.00. The highest BCUT2D eigenvalue weighted by atomic mass is 32.7. The lowest BCUT2D eigenvalue weighted by Gasteiger charge is -2.45. The molecule has 2 saturated heterocycles. The maximum absolute atomic E-state index is 16.0. The second kappa shape index (κ2) is 11.1. The van der Waals surface area contributed by atoms with Crippen molar-refractivity contribution in [2.24, 2.45) is 11.8 Å². The van der Waals surface area contributed by atoms with Gasteiger partial charge in [-0.2, -0.15) is 0 Å². The van der Waals surface area contributed by atoms with E-state index in [9.17, 15) is 13.9 Å². The molecule has 3 aliphatic rings. The number of hydrogen-bond acceptors (Lipinski definition) is 15. The van der Waals surface area contributed by atoms with Crippen LogP contribution in [0.1, 0.15) is 18.7 Å². The molecule has 1 saturated carbocycles. The summed E-state index contributed by atoms with van der Waals surface area (Å²) in [4.78, 5) is 32.3. The summed E-state index contributed by atoms with van der Waals surface area (Å²) in [6, 6.07) is -0.320. The van der Waals surface area contributed by atoms with Gasteiger partial charge in [0.1, 0.15) is 36.0 Å². The van der Waals surface area contributed by atoms with Crippen molar-refractivity contribution in [2.75, 3.05) is 25.6 Å². The van der Waals surface area contributed by atoms with Crippen LogP contribution in [0.15, 0.2) is 30.1 Å². The van der Waals surface area contributed by atoms with Gasteiger partial charge < -0.3 is 29.1 Å². The van der Waals surface area contributed by atoms with Crippen molar-refractivity contribution in [2.45, 2.75) is 37.1 Å². The monoisotopic (exact) mass is 715 g/mol. The number of alkyl halides is 1. The van der Waals surface area contributed by atoms with E-state index in [1.807, 2.05) is 0 Å². The van der Waals surface area contributed by atoms with Gasteiger partial charge in [0.2, 0.25) is 5.78 Å². The molecule has 0 amide bonds. The summed E-state index contributed by atoms with van der Waals surface area (Å²) >= 11 is 8.25. The molecule has 0 spiro atoms. The second-order valence-electron chi connectivity index (χ2n) is 11.0. The standard InChI is InChI=1S/C22H24FN11O8P2S2/c23-13-16-12(41-21(13)33-7-27-14-17(24)25-5-26-18(14)33)4-40-43(36,45)39-3-10-9(2-38-44(37,46)42-16)1-11(10)32-6-28-15-19(32)30-22-31-29-8-34(22)20(15)35/h5-13,16,21H,1-4H2,(H,30,31)(H,36,45)(H,37,46)(H2,24,25,26)/t9-,10-,11-,12-,13-,16-,21-,43-,44-/m1/s1. The third-order valence-electron chi connectivity index (χ3n) is 8.46. The quantitative estimate of drug-likeness (QED) is 0.152. The maximum atomic E-state index is 16.0. The van der Waals surface area contributed by atoms with E-state index in [2.05, 4.69) is 59.6 Å². The number of anilines is 1. The van der Waals surface area contributed by atoms with Crippen LogP contribution >= 0.6 is 38.1 Å². The Morgan fingerprint density at radius 2 is 1.74 bits per heavy atom. The number of nitrogens with two attached hydrogens (primary N) is 1. The SMILES string of the molecule is Nc1ncnc2c1ncn2[C@@H]1O[C@@H]2CO[P@](=O)(S)OC[C@@H]3[C@@H](CO[P@@](=O)(S)O[C@H]2[C@H]1F)C[C@H]3n1cnc2c(=O)n3cnnc3[nH]c21. The van der Waals surface area contributed by atoms with Crippen molar-refractivity contribution in [3.05, 3.63) is 35.7 Å². The van der Waals surface area contributed by atoms with E-state index in [4.69, 9.17) is 28.6 Å². The van der Waals surface area contributed by atoms with Gasteiger partial charge in [0.15, 0.2) is 29.4 Å². The first-order valence-electron chi connectivity index (χ1n) is 13.8. The Labute approximate surface area is 266 Å². The number of aromatic nitrogens is 10. The summed E-state index contributed by atoms with van der Waals surface area (Å²) in [5.41, 5.74) is 6.44. The molecule has 7 heterocycles. The van der Waals surface area contributed by atoms with E-state index in [1.165, 1.54) is 34.3 Å². The summed E-state index contributed by atoms with van der Waals surface area (Å²) in [7, 11) is 0. The maximum Gasteiger partial charge on any atom is 0.386 e. The van der Waals surface area contributed by atoms with Gasteiger partial charge in [-0.05, 0) is 12.3 Å². The van der Waals surface area contributed by atoms with Gasteiger partial charge in [-0.15, -0.1) is 10.2 Å². The predicted molar refractivity (Wildman–Crippen MR) is 162 cm³/mol. The van der Waals surface area contributed by atoms with Crippen LogP contribution in [0.4, 0.5) is 10.2 Å². The third-order valence-corrected chi connectivity index (χ3v) is 11.7. The van der Waals surface area contributed by atoms with Crippen LogP contribution in [0, 0.1) is 11.8 Å². The molecule has 244 valence electrons. The zero-order chi connectivity index (χ0) is 32.0. The molecule has 5 aromatic rings. The molecule has 0 bridgehead atoms. The van der Waals surface area contributed by atoms with Crippen LogP contribution < -0.4 is 11.3 Å². The van der Waals surface area contributed by atoms with Crippen LogP contribution in [-0.2, 0) is 32.0 Å². The third kappa shape index (κ3) is 5.06. The van der Waals surface area contributed by atoms with Gasteiger partial charge in [-0.1, -0.05) is 24.5 Å². The molecule has 0 unspecified atom stereocenters. The number of nitrogen functional groups attached to an aromatic ring is 1. The highest BCUT2D eigenvalue weighted by molar-refractivity contribution is 8.44. The molecular formula is C22H24FN11O8P2S2. The molecular weight excluding hydrogens is 691 g/mol. The highest BCUT2D eigenvalue weighted by Gasteiger charge is 2.52. The van der Waals surface area contributed by atoms with E-state index < -0.39 is 56.3 Å². The minimum atomic E-state index is -4.19. The van der Waals surface area contributed by atoms with Gasteiger partial charge >= 0.3 is 13.6 Å². The normalized spacial score (nSPS) is 35.7. The highest BCUT2D eigenvalue weighted by Crippen LogP contribution is 2.60. The average Bonchev–Trinajstić information content (AvgIpc) is 3.79. The molecule has 3 fully saturated rings. The van der Waals surface area contributed by atoms with Gasteiger partial charge in [0.05, 0.1) is 32.5 Å². The number of fused-ring (bicyclic) bond motifs is 5. The zero-order valence-electron chi connectivity index (χ0n) is 23.2. The number of ether oxygens (including phenoxy) is 1. The van der Waals surface area contributed by atoms with E-state index in [-0.39, 0.29) is 53.4 Å². The fraction of sp³-hybridized carbons (Fsp3) is 0.500. The molecule has 19 nitrogen and oxygen atoms in total. The predicted octanol–water partition coefficient (Wildman–Crippen LogP) is 2.13. The zero-order valence-corrected chi connectivity index (χ0v) is 26.8. The van der Waals surface area contributed by atoms with E-state index >= 15 is 4.39 Å². The van der Waals surface area contributed by atoms with Gasteiger partial charge in [0, 0.05) is 12.0 Å². The van der Waals surface area contributed by atoms with Crippen LogP contribution in [-0.4, -0.2) is 86.9 Å². The number of hydrogen-bond donors (Lipinski definition) is 4. The van der Waals surface area contributed by atoms with E-state index in [0.717, 1.165) is 0 Å². The number of nitrogens with one attached hydrogen (secondary N) is 1. The molecule has 24 heteroatoms. The van der Waals surface area contributed by atoms with Crippen LogP contribution in [0.2, 0.25) is 0 Å². The van der Waals surface area contributed by atoms with Crippen molar-refractivity contribution in [3.63, 3.8) is 0 Å². The minimum Gasteiger partial charge on any atom is -0.382 e. The molecule has 1 aliphatic carbocycles. The first kappa shape index (κ1) is 30.4. The molecule has 46 heavy (non-hydrogen) atoms. The molecule has 8 rings (SSSR count). The number of imidazole rings is 2. The minimum absolute atomic E-state index is 0.0828. The van der Waals surface area contributed by atoms with E-state index in [0.29, 0.717) is 12.1 Å². The molecule has 9 atom stereocenters. The average molecular weight is 716 g/mol. The van der Waals surface area contributed by atoms with Gasteiger partial charge in [-0.3, -0.25) is 18.4 Å². The Morgan fingerprint density at radius 1 is 0.978 bits per heavy atom. The lowest BCUT2D eigenvalue weighted by molar-refractivity contribution is -0.0408. The Hall–Kier alpha value is -2.94. The van der Waals surface area contributed by atoms with Gasteiger partial charge in [-0.25, -0.2) is 37.9 Å². The Morgan fingerprint density at radius 3 is 2.59 bits per heavy atom. The Kier molecular flexibility index (Phi) is 7.31. The van der Waals surface area contributed by atoms with Crippen LogP contribution in [0.5, 0.6) is 0 Å². The fourth-order valence-corrected chi connectivity index (χ4v) is 8.81. The van der Waals surface area contributed by atoms with Crippen molar-refractivity contribution >= 4 is 72.0 Å². The fourth-order valence-electron chi connectivity index (χ4n) is 6.11. The summed E-state index contributed by atoms with van der Waals surface area (Å²) in [6.07, 6.45) is -0.408. The second-order valence-corrected chi connectivity index (χ2v) is 16.8. The number of thiol groups is 2. The topological polar surface area (TPSA) is 231 Å². The lowest BCUT2D eigenvalue weighted by Crippen LogP contribution is -2.43. The first-order valence-corrected chi connectivity index (χ1v) is 19.2. The summed E-state index contributed by atoms with van der Waals surface area (Å²) in [5, 5.41) is 7.67. The van der Waals surface area contributed by atoms with Gasteiger partial charge in [0.25, 0.3) is 5.56 Å². The largest absolute Gasteiger partial charge is 0.386 e. The van der Waals surface area contributed by atoms with Crippen LogP contribution in [0.3, 0.4) is 0 Å². The first-order chi connectivity index (χ1) is 22.0. The summed E-state index contributed by atoms with van der Waals surface area (Å²) < 4.78 is 75.5. The van der Waals surface area contributed by atoms with Crippen molar-refractivity contribution in [1.82, 2.24) is 48.7 Å². The molecule has 0 radical (unpaired) electrons. The number of nitrogens with zero attached hydrogens (tertiary/aromatic N) is 9. The molecule has 3 N–H and O–H groups in total. The molecule has 0 aromatic carbocycles. The van der Waals surface area contributed by atoms with Crippen molar-refractivity contribution in [1.29, 1.82) is 0 Å². The number of H-pyrrole nitrogens is 1. The smallest absolute Gasteiger partial charge is 0.382 e. The molecule has 5 aromatic heterocycles. The lowest BCUT2D eigenvalue weighted by atomic mass is 9.70. The Balaban J connectivity index is 1.06. The van der Waals surface area contributed by atoms with E-state index in [1.54, 1.807) is 4.57 Å². The number of halogens is 1. The summed E-state index contributed by atoms with van der Waals surface area (Å²) in [5.74, 6) is -0.396. The van der Waals surface area contributed by atoms with Crippen LogP contribution in [0.25, 0.3) is 28.1 Å².